The van der Waals surface area contributed by atoms with E-state index >= 15 is 0 Å². The summed E-state index contributed by atoms with van der Waals surface area (Å²) in [4.78, 5) is 16.3. The Morgan fingerprint density at radius 2 is 1.88 bits per heavy atom. The number of hydrogen-bond acceptors (Lipinski definition) is 7. The summed E-state index contributed by atoms with van der Waals surface area (Å²) in [7, 11) is 1.92. The standard InChI is InChI=1S/C25H29N7O2/c1-30-16-19(15-28-30)18-12-22-23(27-14-18)13-24(31-8-10-33-11-9-31)29-25(22)34-21-4-2-20(3-5-21)32-7-6-26-17-32/h6-7,12-17,20-21H,2-5,8-11H2,1H3/t20-,21+. The Labute approximate surface area is 198 Å². The molecule has 1 saturated heterocycles. The molecule has 34 heavy (non-hydrogen) atoms. The number of rotatable bonds is 5. The maximum absolute atomic E-state index is 6.61. The Hall–Kier alpha value is -3.46. The lowest BCUT2D eigenvalue weighted by atomic mass is 9.93. The monoisotopic (exact) mass is 459 g/mol. The van der Waals surface area contributed by atoms with Crippen molar-refractivity contribution in [1.29, 1.82) is 0 Å². The number of ether oxygens (including phenoxy) is 2. The normalized spacial score (nSPS) is 21.1. The fraction of sp³-hybridized carbons (Fsp3) is 0.440. The van der Waals surface area contributed by atoms with E-state index in [9.17, 15) is 0 Å². The first kappa shape index (κ1) is 21.1. The lowest BCUT2D eigenvalue weighted by Gasteiger charge is -2.31. The average Bonchev–Trinajstić information content (AvgIpc) is 3.57. The molecule has 0 unspecified atom stereocenters. The van der Waals surface area contributed by atoms with Gasteiger partial charge in [0, 0.05) is 68.2 Å². The van der Waals surface area contributed by atoms with Crippen LogP contribution in [0.3, 0.4) is 0 Å². The van der Waals surface area contributed by atoms with Crippen molar-refractivity contribution in [1.82, 2.24) is 29.3 Å². The molecule has 0 radical (unpaired) electrons. The fourth-order valence-electron chi connectivity index (χ4n) is 4.96. The molecule has 176 valence electrons. The van der Waals surface area contributed by atoms with E-state index in [1.807, 2.05) is 38.2 Å². The van der Waals surface area contributed by atoms with Gasteiger partial charge in [0.15, 0.2) is 0 Å². The lowest BCUT2D eigenvalue weighted by molar-refractivity contribution is 0.121. The molecule has 4 aromatic rings. The zero-order valence-corrected chi connectivity index (χ0v) is 19.4. The highest BCUT2D eigenvalue weighted by atomic mass is 16.5. The van der Waals surface area contributed by atoms with Crippen molar-refractivity contribution in [3.05, 3.63) is 49.4 Å². The second-order valence-corrected chi connectivity index (χ2v) is 9.14. The van der Waals surface area contributed by atoms with Gasteiger partial charge in [0.05, 0.1) is 36.6 Å². The largest absolute Gasteiger partial charge is 0.474 e. The Morgan fingerprint density at radius 1 is 1.03 bits per heavy atom. The first-order chi connectivity index (χ1) is 16.7. The van der Waals surface area contributed by atoms with E-state index in [1.165, 1.54) is 0 Å². The molecule has 2 aliphatic rings. The van der Waals surface area contributed by atoms with E-state index in [4.69, 9.17) is 19.4 Å². The third-order valence-electron chi connectivity index (χ3n) is 6.87. The van der Waals surface area contributed by atoms with E-state index in [0.29, 0.717) is 25.1 Å². The molecule has 1 aliphatic carbocycles. The predicted octanol–water partition coefficient (Wildman–Crippen LogP) is 3.63. The maximum Gasteiger partial charge on any atom is 0.225 e. The Kier molecular flexibility index (Phi) is 5.62. The quantitative estimate of drug-likeness (QED) is 0.451. The van der Waals surface area contributed by atoms with E-state index in [2.05, 4.69) is 37.9 Å². The number of pyridine rings is 2. The van der Waals surface area contributed by atoms with Crippen LogP contribution in [0.4, 0.5) is 5.82 Å². The molecule has 0 spiro atoms. The van der Waals surface area contributed by atoms with Crippen LogP contribution in [0.2, 0.25) is 0 Å². The van der Waals surface area contributed by atoms with Gasteiger partial charge in [-0.15, -0.1) is 0 Å². The number of imidazole rings is 1. The second kappa shape index (κ2) is 9.06. The molecular formula is C25H29N7O2. The summed E-state index contributed by atoms with van der Waals surface area (Å²) in [5.74, 6) is 1.57. The molecule has 5 heterocycles. The van der Waals surface area contributed by atoms with Crippen molar-refractivity contribution in [2.45, 2.75) is 37.8 Å². The summed E-state index contributed by atoms with van der Waals surface area (Å²) in [6, 6.07) is 4.68. The number of anilines is 1. The van der Waals surface area contributed by atoms with Crippen molar-refractivity contribution >= 4 is 16.7 Å². The Bertz CT molecular complexity index is 1260. The molecule has 2 fully saturated rings. The van der Waals surface area contributed by atoms with Crippen LogP contribution in [0.1, 0.15) is 31.7 Å². The summed E-state index contributed by atoms with van der Waals surface area (Å²) >= 11 is 0. The van der Waals surface area contributed by atoms with Crippen LogP contribution in [0, 0.1) is 0 Å². The molecule has 9 nitrogen and oxygen atoms in total. The highest BCUT2D eigenvalue weighted by molar-refractivity contribution is 5.89. The van der Waals surface area contributed by atoms with Crippen LogP contribution < -0.4 is 9.64 Å². The van der Waals surface area contributed by atoms with Gasteiger partial charge in [-0.05, 0) is 31.7 Å². The topological polar surface area (TPSA) is 83.1 Å². The first-order valence-electron chi connectivity index (χ1n) is 12.0. The molecular weight excluding hydrogens is 430 g/mol. The van der Waals surface area contributed by atoms with Crippen LogP contribution >= 0.6 is 0 Å². The van der Waals surface area contributed by atoms with Gasteiger partial charge >= 0.3 is 0 Å². The van der Waals surface area contributed by atoms with Gasteiger partial charge in [-0.2, -0.15) is 10.1 Å². The maximum atomic E-state index is 6.61. The summed E-state index contributed by atoms with van der Waals surface area (Å²) < 4.78 is 16.2. The molecule has 9 heteroatoms. The molecule has 1 saturated carbocycles. The fourth-order valence-corrected chi connectivity index (χ4v) is 4.96. The molecule has 0 aromatic carbocycles. The molecule has 0 bridgehead atoms. The lowest BCUT2D eigenvalue weighted by Crippen LogP contribution is -2.36. The van der Waals surface area contributed by atoms with Crippen LogP contribution in [-0.2, 0) is 11.8 Å². The number of aryl methyl sites for hydroxylation is 1. The Morgan fingerprint density at radius 3 is 2.62 bits per heavy atom. The van der Waals surface area contributed by atoms with E-state index in [1.54, 1.807) is 4.68 Å². The second-order valence-electron chi connectivity index (χ2n) is 9.14. The number of fused-ring (bicyclic) bond motifs is 1. The van der Waals surface area contributed by atoms with Gasteiger partial charge in [-0.25, -0.2) is 4.98 Å². The highest BCUT2D eigenvalue weighted by Gasteiger charge is 2.25. The van der Waals surface area contributed by atoms with Gasteiger partial charge in [-0.1, -0.05) is 0 Å². The van der Waals surface area contributed by atoms with E-state index in [-0.39, 0.29) is 6.10 Å². The molecule has 0 atom stereocenters. The Balaban J connectivity index is 1.31. The third-order valence-corrected chi connectivity index (χ3v) is 6.87. The summed E-state index contributed by atoms with van der Waals surface area (Å²) in [6.45, 7) is 3.06. The molecule has 4 aromatic heterocycles. The van der Waals surface area contributed by atoms with Crippen molar-refractivity contribution in [2.75, 3.05) is 31.2 Å². The van der Waals surface area contributed by atoms with Gasteiger partial charge in [0.25, 0.3) is 0 Å². The van der Waals surface area contributed by atoms with Gasteiger partial charge in [-0.3, -0.25) is 9.67 Å². The zero-order chi connectivity index (χ0) is 22.9. The van der Waals surface area contributed by atoms with E-state index < -0.39 is 0 Å². The molecule has 6 rings (SSSR count). The molecule has 0 amide bonds. The number of aromatic nitrogens is 6. The van der Waals surface area contributed by atoms with Crippen molar-refractivity contribution < 1.29 is 9.47 Å². The summed E-state index contributed by atoms with van der Waals surface area (Å²) in [5, 5.41) is 5.25. The van der Waals surface area contributed by atoms with Crippen molar-refractivity contribution in [3.8, 4) is 17.0 Å². The molecule has 0 N–H and O–H groups in total. The first-order valence-corrected chi connectivity index (χ1v) is 12.0. The smallest absolute Gasteiger partial charge is 0.225 e. The highest BCUT2D eigenvalue weighted by Crippen LogP contribution is 2.35. The summed E-state index contributed by atoms with van der Waals surface area (Å²) in [6.07, 6.45) is 15.8. The van der Waals surface area contributed by atoms with E-state index in [0.717, 1.165) is 66.6 Å². The van der Waals surface area contributed by atoms with Gasteiger partial charge in [0.1, 0.15) is 11.9 Å². The predicted molar refractivity (Wildman–Crippen MR) is 129 cm³/mol. The minimum atomic E-state index is 0.137. The third kappa shape index (κ3) is 4.23. The van der Waals surface area contributed by atoms with Crippen LogP contribution in [-0.4, -0.2) is 61.7 Å². The van der Waals surface area contributed by atoms with Crippen LogP contribution in [0.5, 0.6) is 5.88 Å². The summed E-state index contributed by atoms with van der Waals surface area (Å²) in [5.41, 5.74) is 2.93. The SMILES string of the molecule is Cn1cc(-c2cnc3cc(N4CCOCC4)nc(O[C@H]4CC[C@@H](n5ccnc5)CC4)c3c2)cn1. The van der Waals surface area contributed by atoms with Crippen molar-refractivity contribution in [2.24, 2.45) is 7.05 Å². The minimum Gasteiger partial charge on any atom is -0.474 e. The molecule has 1 aliphatic heterocycles. The van der Waals surface area contributed by atoms with Gasteiger partial charge < -0.3 is 18.9 Å². The number of nitrogens with zero attached hydrogens (tertiary/aromatic N) is 7. The van der Waals surface area contributed by atoms with Crippen LogP contribution in [0.25, 0.3) is 22.0 Å². The van der Waals surface area contributed by atoms with Gasteiger partial charge in [0.2, 0.25) is 5.88 Å². The number of morpholine rings is 1. The average molecular weight is 460 g/mol. The number of hydrogen-bond donors (Lipinski definition) is 0. The zero-order valence-electron chi connectivity index (χ0n) is 19.4. The van der Waals surface area contributed by atoms with Crippen molar-refractivity contribution in [3.63, 3.8) is 0 Å². The van der Waals surface area contributed by atoms with Crippen LogP contribution in [0.15, 0.2) is 49.4 Å². The minimum absolute atomic E-state index is 0.137.